The molecule has 16 heavy (non-hydrogen) atoms. The van der Waals surface area contributed by atoms with Gasteiger partial charge >= 0.3 is 6.03 Å². The van der Waals surface area contributed by atoms with Crippen LogP contribution >= 0.6 is 0 Å². The number of nitrogens with zero attached hydrogens (tertiary/aromatic N) is 1. The molecule has 1 aliphatic rings. The van der Waals surface area contributed by atoms with Gasteiger partial charge in [-0.25, -0.2) is 4.79 Å². The Bertz CT molecular complexity index is 235. The van der Waals surface area contributed by atoms with Crippen LogP contribution < -0.4 is 5.32 Å². The van der Waals surface area contributed by atoms with E-state index in [0.717, 1.165) is 6.42 Å². The Morgan fingerprint density at radius 1 is 1.50 bits per heavy atom. The molecule has 1 aliphatic heterocycles. The zero-order chi connectivity index (χ0) is 12.3. The van der Waals surface area contributed by atoms with Crippen LogP contribution in [0.15, 0.2) is 0 Å². The van der Waals surface area contributed by atoms with Crippen LogP contribution in [0, 0.1) is 0 Å². The number of rotatable bonds is 2. The van der Waals surface area contributed by atoms with Gasteiger partial charge in [-0.15, -0.1) is 0 Å². The van der Waals surface area contributed by atoms with E-state index in [2.05, 4.69) is 5.32 Å². The van der Waals surface area contributed by atoms with E-state index < -0.39 is 6.29 Å². The average Bonchev–Trinajstić information content (AvgIpc) is 2.13. The molecule has 5 nitrogen and oxygen atoms in total. The molecular formula is C11H22N2O3. The lowest BCUT2D eigenvalue weighted by Gasteiger charge is -2.36. The molecule has 3 atom stereocenters. The maximum atomic E-state index is 11.8. The predicted octanol–water partition coefficient (Wildman–Crippen LogP) is 0.922. The minimum absolute atomic E-state index is 0.0111. The van der Waals surface area contributed by atoms with E-state index in [1.54, 1.807) is 11.9 Å². The molecule has 0 bridgehead atoms. The molecule has 2 amide bonds. The summed E-state index contributed by atoms with van der Waals surface area (Å²) >= 11 is 0. The zero-order valence-electron chi connectivity index (χ0n) is 10.4. The van der Waals surface area contributed by atoms with Gasteiger partial charge in [-0.1, -0.05) is 0 Å². The first-order valence-electron chi connectivity index (χ1n) is 5.77. The summed E-state index contributed by atoms with van der Waals surface area (Å²) in [6, 6.07) is 0.0657. The van der Waals surface area contributed by atoms with Gasteiger partial charge in [0.1, 0.15) is 0 Å². The van der Waals surface area contributed by atoms with Gasteiger partial charge in [-0.3, -0.25) is 0 Å². The van der Waals surface area contributed by atoms with E-state index in [4.69, 9.17) is 4.74 Å². The van der Waals surface area contributed by atoms with Crippen molar-refractivity contribution < 1.29 is 14.6 Å². The summed E-state index contributed by atoms with van der Waals surface area (Å²) in [4.78, 5) is 13.4. The van der Waals surface area contributed by atoms with Crippen LogP contribution in [0.3, 0.4) is 0 Å². The lowest BCUT2D eigenvalue weighted by molar-refractivity contribution is -0.170. The van der Waals surface area contributed by atoms with Crippen LogP contribution in [0.25, 0.3) is 0 Å². The van der Waals surface area contributed by atoms with Crippen molar-refractivity contribution in [3.63, 3.8) is 0 Å². The van der Waals surface area contributed by atoms with E-state index in [9.17, 15) is 9.90 Å². The highest BCUT2D eigenvalue weighted by Gasteiger charge is 2.30. The minimum Gasteiger partial charge on any atom is -0.368 e. The standard InChI is InChI=1S/C11H22N2O3/c1-7(2)12-11(15)13(4)9-5-8(3)16-10(14)6-9/h7-10,14H,5-6H2,1-4H3,(H,12,15)/t8-,9+,10?/m1/s1. The van der Waals surface area contributed by atoms with Crippen LogP contribution in [0.1, 0.15) is 33.6 Å². The number of carbonyl (C=O) groups excluding carboxylic acids is 1. The number of aliphatic hydroxyl groups excluding tert-OH is 1. The molecule has 0 aromatic carbocycles. The van der Waals surface area contributed by atoms with Gasteiger partial charge in [-0.2, -0.15) is 0 Å². The van der Waals surface area contributed by atoms with Crippen molar-refractivity contribution in [3.8, 4) is 0 Å². The van der Waals surface area contributed by atoms with E-state index in [0.29, 0.717) is 6.42 Å². The van der Waals surface area contributed by atoms with Gasteiger partial charge in [0.2, 0.25) is 0 Å². The van der Waals surface area contributed by atoms with Crippen molar-refractivity contribution in [2.45, 2.75) is 58.1 Å². The Morgan fingerprint density at radius 3 is 2.62 bits per heavy atom. The molecule has 1 rings (SSSR count). The van der Waals surface area contributed by atoms with Crippen LogP contribution in [-0.2, 0) is 4.74 Å². The number of aliphatic hydroxyl groups is 1. The number of amides is 2. The second kappa shape index (κ2) is 5.50. The Morgan fingerprint density at radius 2 is 2.12 bits per heavy atom. The molecule has 0 aromatic rings. The molecule has 0 spiro atoms. The number of hydrogen-bond donors (Lipinski definition) is 2. The first-order chi connectivity index (χ1) is 7.40. The third kappa shape index (κ3) is 3.64. The van der Waals surface area contributed by atoms with E-state index in [-0.39, 0.29) is 24.2 Å². The van der Waals surface area contributed by atoms with Crippen molar-refractivity contribution in [3.05, 3.63) is 0 Å². The maximum Gasteiger partial charge on any atom is 0.317 e. The molecule has 0 radical (unpaired) electrons. The summed E-state index contributed by atoms with van der Waals surface area (Å²) in [5.74, 6) is 0. The average molecular weight is 230 g/mol. The Kier molecular flexibility index (Phi) is 4.56. The fraction of sp³-hybridized carbons (Fsp3) is 0.909. The molecule has 0 aliphatic carbocycles. The minimum atomic E-state index is -0.761. The summed E-state index contributed by atoms with van der Waals surface area (Å²) < 4.78 is 5.22. The van der Waals surface area contributed by atoms with Gasteiger partial charge in [0.05, 0.1) is 6.10 Å². The molecular weight excluding hydrogens is 208 g/mol. The highest BCUT2D eigenvalue weighted by Crippen LogP contribution is 2.21. The molecule has 1 heterocycles. The molecule has 1 unspecified atom stereocenters. The van der Waals surface area contributed by atoms with E-state index >= 15 is 0 Å². The van der Waals surface area contributed by atoms with Crippen LogP contribution in [-0.4, -0.2) is 47.6 Å². The van der Waals surface area contributed by atoms with Crippen LogP contribution in [0.4, 0.5) is 4.79 Å². The fourth-order valence-corrected chi connectivity index (χ4v) is 1.92. The Balaban J connectivity index is 2.52. The van der Waals surface area contributed by atoms with Crippen molar-refractivity contribution in [1.29, 1.82) is 0 Å². The molecule has 5 heteroatoms. The van der Waals surface area contributed by atoms with Gasteiger partial charge in [0.15, 0.2) is 6.29 Å². The number of carbonyl (C=O) groups is 1. The molecule has 1 saturated heterocycles. The zero-order valence-corrected chi connectivity index (χ0v) is 10.4. The Labute approximate surface area is 96.8 Å². The number of ether oxygens (including phenoxy) is 1. The molecule has 2 N–H and O–H groups in total. The summed E-state index contributed by atoms with van der Waals surface area (Å²) in [5, 5.41) is 12.3. The monoisotopic (exact) mass is 230 g/mol. The summed E-state index contributed by atoms with van der Waals surface area (Å²) in [6.45, 7) is 5.75. The lowest BCUT2D eigenvalue weighted by Crippen LogP contribution is -2.50. The summed E-state index contributed by atoms with van der Waals surface area (Å²) in [5.41, 5.74) is 0. The van der Waals surface area contributed by atoms with E-state index in [1.807, 2.05) is 20.8 Å². The first kappa shape index (κ1) is 13.3. The molecule has 94 valence electrons. The quantitative estimate of drug-likeness (QED) is 0.741. The van der Waals surface area contributed by atoms with Crippen LogP contribution in [0.2, 0.25) is 0 Å². The molecule has 0 aromatic heterocycles. The smallest absolute Gasteiger partial charge is 0.317 e. The molecule has 0 saturated carbocycles. The van der Waals surface area contributed by atoms with Gasteiger partial charge in [0, 0.05) is 25.6 Å². The van der Waals surface area contributed by atoms with Gasteiger partial charge in [-0.05, 0) is 27.2 Å². The summed E-state index contributed by atoms with van der Waals surface area (Å²) in [6.07, 6.45) is 0.469. The highest BCUT2D eigenvalue weighted by molar-refractivity contribution is 5.74. The van der Waals surface area contributed by atoms with Crippen LogP contribution in [0.5, 0.6) is 0 Å². The van der Waals surface area contributed by atoms with Crippen molar-refractivity contribution in [1.82, 2.24) is 10.2 Å². The van der Waals surface area contributed by atoms with Crippen molar-refractivity contribution in [2.75, 3.05) is 7.05 Å². The second-order valence-electron chi connectivity index (χ2n) is 4.74. The van der Waals surface area contributed by atoms with E-state index in [1.165, 1.54) is 0 Å². The highest BCUT2D eigenvalue weighted by atomic mass is 16.6. The maximum absolute atomic E-state index is 11.8. The molecule has 1 fully saturated rings. The van der Waals surface area contributed by atoms with Gasteiger partial charge in [0.25, 0.3) is 0 Å². The third-order valence-corrected chi connectivity index (χ3v) is 2.75. The second-order valence-corrected chi connectivity index (χ2v) is 4.74. The SMILES string of the molecule is CC(C)NC(=O)N(C)[C@@H]1CC(O)O[C@H](C)C1. The number of nitrogens with one attached hydrogen (secondary N) is 1. The summed E-state index contributed by atoms with van der Waals surface area (Å²) in [7, 11) is 1.76. The topological polar surface area (TPSA) is 61.8 Å². The predicted molar refractivity (Wildman–Crippen MR) is 61.0 cm³/mol. The third-order valence-electron chi connectivity index (χ3n) is 2.75. The fourth-order valence-electron chi connectivity index (χ4n) is 1.92. The number of urea groups is 1. The first-order valence-corrected chi connectivity index (χ1v) is 5.77. The largest absolute Gasteiger partial charge is 0.368 e. The number of hydrogen-bond acceptors (Lipinski definition) is 3. The Hall–Kier alpha value is -0.810. The lowest BCUT2D eigenvalue weighted by atomic mass is 10.0. The van der Waals surface area contributed by atoms with Gasteiger partial charge < -0.3 is 20.1 Å². The van der Waals surface area contributed by atoms with Crippen molar-refractivity contribution in [2.24, 2.45) is 0 Å². The van der Waals surface area contributed by atoms with Crippen molar-refractivity contribution >= 4 is 6.03 Å². The normalized spacial score (nSPS) is 30.2.